The van der Waals surface area contributed by atoms with Crippen molar-refractivity contribution in [2.75, 3.05) is 6.54 Å². The van der Waals surface area contributed by atoms with Gasteiger partial charge in [-0.2, -0.15) is 0 Å². The molecule has 31 heavy (non-hydrogen) atoms. The van der Waals surface area contributed by atoms with Gasteiger partial charge >= 0.3 is 6.03 Å². The number of benzene rings is 2. The van der Waals surface area contributed by atoms with E-state index in [0.29, 0.717) is 6.42 Å². The first-order valence-electron chi connectivity index (χ1n) is 11.1. The number of aryl methyl sites for hydroxylation is 2. The normalized spacial score (nSPS) is 21.4. The smallest absolute Gasteiger partial charge is 0.325 e. The molecule has 0 spiro atoms. The van der Waals surface area contributed by atoms with Crippen molar-refractivity contribution in [2.24, 2.45) is 0 Å². The van der Waals surface area contributed by atoms with Gasteiger partial charge in [-0.15, -0.1) is 0 Å². The van der Waals surface area contributed by atoms with Gasteiger partial charge in [0, 0.05) is 0 Å². The van der Waals surface area contributed by atoms with Crippen LogP contribution in [0.25, 0.3) is 0 Å². The van der Waals surface area contributed by atoms with Crippen molar-refractivity contribution < 1.29 is 14.4 Å². The summed E-state index contributed by atoms with van der Waals surface area (Å²) in [5.41, 5.74) is 3.39. The molecular weight excluding hydrogens is 390 g/mol. The molecule has 6 heteroatoms. The Balaban J connectivity index is 1.45. The Labute approximate surface area is 183 Å². The fourth-order valence-electron chi connectivity index (χ4n) is 4.67. The summed E-state index contributed by atoms with van der Waals surface area (Å²) in [5, 5.41) is 5.76. The predicted molar refractivity (Wildman–Crippen MR) is 118 cm³/mol. The third-order valence-corrected chi connectivity index (χ3v) is 6.52. The zero-order chi connectivity index (χ0) is 22.0. The lowest BCUT2D eigenvalue weighted by atomic mass is 9.87. The van der Waals surface area contributed by atoms with Crippen LogP contribution in [-0.4, -0.2) is 29.3 Å². The maximum atomic E-state index is 13.2. The quantitative estimate of drug-likeness (QED) is 0.702. The summed E-state index contributed by atoms with van der Waals surface area (Å²) >= 11 is 0. The van der Waals surface area contributed by atoms with Crippen LogP contribution in [0.5, 0.6) is 0 Å². The summed E-state index contributed by atoms with van der Waals surface area (Å²) in [5.74, 6) is -0.739. The van der Waals surface area contributed by atoms with Gasteiger partial charge in [-0.25, -0.2) is 4.79 Å². The highest BCUT2D eigenvalue weighted by atomic mass is 16.2. The SMILES string of the molecule is CC[C@@]1(c2ccccc2)NC(=O)N(CC(=O)N[C@@H](C)c2ccc3c(c2)CCCC3)C1=O. The van der Waals surface area contributed by atoms with Crippen LogP contribution in [0, 0.1) is 0 Å². The zero-order valence-corrected chi connectivity index (χ0v) is 18.1. The number of hydrogen-bond donors (Lipinski definition) is 2. The fraction of sp³-hybridized carbons (Fsp3) is 0.400. The zero-order valence-electron chi connectivity index (χ0n) is 18.1. The lowest BCUT2D eigenvalue weighted by molar-refractivity contribution is -0.135. The molecule has 0 bridgehead atoms. The first-order valence-corrected chi connectivity index (χ1v) is 11.1. The number of urea groups is 1. The number of nitrogens with zero attached hydrogens (tertiary/aromatic N) is 1. The molecule has 0 saturated carbocycles. The van der Waals surface area contributed by atoms with Gasteiger partial charge in [-0.1, -0.05) is 55.5 Å². The summed E-state index contributed by atoms with van der Waals surface area (Å²) in [6.07, 6.45) is 5.02. The van der Waals surface area contributed by atoms with Gasteiger partial charge in [0.1, 0.15) is 12.1 Å². The largest absolute Gasteiger partial charge is 0.348 e. The minimum atomic E-state index is -1.12. The maximum Gasteiger partial charge on any atom is 0.325 e. The molecule has 2 atom stereocenters. The van der Waals surface area contributed by atoms with Crippen molar-refractivity contribution in [3.8, 4) is 0 Å². The number of nitrogens with one attached hydrogen (secondary N) is 2. The van der Waals surface area contributed by atoms with Crippen molar-refractivity contribution in [2.45, 2.75) is 57.5 Å². The van der Waals surface area contributed by atoms with Gasteiger partial charge in [-0.05, 0) is 61.3 Å². The van der Waals surface area contributed by atoms with E-state index in [4.69, 9.17) is 0 Å². The van der Waals surface area contributed by atoms with E-state index < -0.39 is 11.6 Å². The van der Waals surface area contributed by atoms with E-state index in [0.717, 1.165) is 28.9 Å². The van der Waals surface area contributed by atoms with Crippen LogP contribution in [-0.2, 0) is 28.0 Å². The number of hydrogen-bond acceptors (Lipinski definition) is 3. The van der Waals surface area contributed by atoms with Gasteiger partial charge in [0.2, 0.25) is 5.91 Å². The average molecular weight is 420 g/mol. The molecule has 4 rings (SSSR count). The number of amides is 4. The highest BCUT2D eigenvalue weighted by molar-refractivity contribution is 6.09. The Kier molecular flexibility index (Phi) is 5.81. The second-order valence-corrected chi connectivity index (χ2v) is 8.47. The molecule has 2 N–H and O–H groups in total. The second kappa shape index (κ2) is 8.53. The van der Waals surface area contributed by atoms with E-state index in [1.54, 1.807) is 0 Å². The number of rotatable bonds is 6. The standard InChI is InChI=1S/C25H29N3O3/c1-3-25(21-11-5-4-6-12-21)23(30)28(24(31)27-25)16-22(29)26-17(2)19-14-13-18-9-7-8-10-20(18)15-19/h4-6,11-15,17H,3,7-10,16H2,1-2H3,(H,26,29)(H,27,31)/t17-,25-/m0/s1. The Morgan fingerprint density at radius 3 is 2.52 bits per heavy atom. The summed E-state index contributed by atoms with van der Waals surface area (Å²) in [6.45, 7) is 3.48. The second-order valence-electron chi connectivity index (χ2n) is 8.47. The fourth-order valence-corrected chi connectivity index (χ4v) is 4.67. The Hall–Kier alpha value is -3.15. The van der Waals surface area contributed by atoms with Gasteiger partial charge in [0.25, 0.3) is 5.91 Å². The van der Waals surface area contributed by atoms with E-state index in [1.807, 2.05) is 44.2 Å². The van der Waals surface area contributed by atoms with Crippen LogP contribution in [0.4, 0.5) is 4.79 Å². The van der Waals surface area contributed by atoms with E-state index in [1.165, 1.54) is 24.0 Å². The number of imide groups is 1. The van der Waals surface area contributed by atoms with E-state index in [2.05, 4.69) is 28.8 Å². The van der Waals surface area contributed by atoms with Crippen molar-refractivity contribution in [1.29, 1.82) is 0 Å². The minimum Gasteiger partial charge on any atom is -0.348 e. The summed E-state index contributed by atoms with van der Waals surface area (Å²) in [4.78, 5) is 39.5. The third kappa shape index (κ3) is 3.94. The molecule has 1 aliphatic carbocycles. The molecule has 2 aromatic rings. The molecular formula is C25H29N3O3. The molecule has 2 aromatic carbocycles. The summed E-state index contributed by atoms with van der Waals surface area (Å²) < 4.78 is 0. The first-order chi connectivity index (χ1) is 14.9. The molecule has 6 nitrogen and oxygen atoms in total. The molecule has 0 aromatic heterocycles. The van der Waals surface area contributed by atoms with Gasteiger partial charge in [-0.3, -0.25) is 14.5 Å². The third-order valence-electron chi connectivity index (χ3n) is 6.52. The number of carbonyl (C=O) groups is 3. The first kappa shape index (κ1) is 21.1. The molecule has 0 unspecified atom stereocenters. The molecule has 0 radical (unpaired) electrons. The van der Waals surface area contributed by atoms with Crippen LogP contribution in [0.1, 0.15) is 61.4 Å². The van der Waals surface area contributed by atoms with Crippen molar-refractivity contribution in [1.82, 2.24) is 15.5 Å². The maximum absolute atomic E-state index is 13.2. The van der Waals surface area contributed by atoms with Crippen LogP contribution >= 0.6 is 0 Å². The number of carbonyl (C=O) groups excluding carboxylic acids is 3. The lowest BCUT2D eigenvalue weighted by Gasteiger charge is -2.25. The van der Waals surface area contributed by atoms with Gasteiger partial charge in [0.05, 0.1) is 6.04 Å². The van der Waals surface area contributed by atoms with E-state index in [-0.39, 0.29) is 24.4 Å². The molecule has 1 fully saturated rings. The molecule has 1 aliphatic heterocycles. The molecule has 1 heterocycles. The van der Waals surface area contributed by atoms with Crippen molar-refractivity contribution in [3.63, 3.8) is 0 Å². The van der Waals surface area contributed by atoms with Gasteiger partial charge < -0.3 is 10.6 Å². The molecule has 162 valence electrons. The highest BCUT2D eigenvalue weighted by Gasteiger charge is 2.51. The molecule has 2 aliphatic rings. The van der Waals surface area contributed by atoms with Gasteiger partial charge in [0.15, 0.2) is 0 Å². The highest BCUT2D eigenvalue weighted by Crippen LogP contribution is 2.32. The Morgan fingerprint density at radius 1 is 1.10 bits per heavy atom. The Bertz CT molecular complexity index is 1000. The Morgan fingerprint density at radius 2 is 1.81 bits per heavy atom. The van der Waals surface area contributed by atoms with Crippen LogP contribution in [0.3, 0.4) is 0 Å². The number of fused-ring (bicyclic) bond motifs is 1. The van der Waals surface area contributed by atoms with Crippen LogP contribution < -0.4 is 10.6 Å². The molecule has 4 amide bonds. The molecule has 1 saturated heterocycles. The monoisotopic (exact) mass is 419 g/mol. The lowest BCUT2D eigenvalue weighted by Crippen LogP contribution is -2.45. The van der Waals surface area contributed by atoms with Crippen molar-refractivity contribution in [3.05, 3.63) is 70.8 Å². The average Bonchev–Trinajstić information content (AvgIpc) is 3.04. The van der Waals surface area contributed by atoms with Crippen molar-refractivity contribution >= 4 is 17.8 Å². The summed E-state index contributed by atoms with van der Waals surface area (Å²) in [7, 11) is 0. The summed E-state index contributed by atoms with van der Waals surface area (Å²) in [6, 6.07) is 14.8. The van der Waals surface area contributed by atoms with E-state index >= 15 is 0 Å². The van der Waals surface area contributed by atoms with Crippen LogP contribution in [0.2, 0.25) is 0 Å². The van der Waals surface area contributed by atoms with Crippen LogP contribution in [0.15, 0.2) is 48.5 Å². The van der Waals surface area contributed by atoms with E-state index in [9.17, 15) is 14.4 Å². The topological polar surface area (TPSA) is 78.5 Å². The predicted octanol–water partition coefficient (Wildman–Crippen LogP) is 3.60. The minimum absolute atomic E-state index is 0.203.